The van der Waals surface area contributed by atoms with Crippen molar-refractivity contribution in [3.05, 3.63) is 12.2 Å². The van der Waals surface area contributed by atoms with Crippen LogP contribution < -0.4 is 5.32 Å². The summed E-state index contributed by atoms with van der Waals surface area (Å²) < 4.78 is 5.27. The number of carbonyl (C=O) groups is 1. The Bertz CT molecular complexity index is 237. The summed E-state index contributed by atoms with van der Waals surface area (Å²) in [5, 5.41) is 2.90. The summed E-state index contributed by atoms with van der Waals surface area (Å²) in [4.78, 5) is 11.1. The molecule has 3 unspecified atom stereocenters. The van der Waals surface area contributed by atoms with Gasteiger partial charge in [-0.25, -0.2) is 0 Å². The number of rotatable bonds is 1. The molecule has 2 aliphatic rings. The van der Waals surface area contributed by atoms with Crippen molar-refractivity contribution in [2.75, 3.05) is 13.7 Å². The second-order valence-corrected chi connectivity index (χ2v) is 3.83. The lowest BCUT2D eigenvalue weighted by molar-refractivity contribution is -0.124. The summed E-state index contributed by atoms with van der Waals surface area (Å²) in [6.45, 7) is 0.813. The van der Waals surface area contributed by atoms with Crippen LogP contribution in [0.25, 0.3) is 0 Å². The summed E-state index contributed by atoms with van der Waals surface area (Å²) >= 11 is 0. The molecule has 1 heterocycles. The van der Waals surface area contributed by atoms with Crippen molar-refractivity contribution in [1.29, 1.82) is 0 Å². The third-order valence-electron chi connectivity index (χ3n) is 3.00. The lowest BCUT2D eigenvalue weighted by atomic mass is 9.78. The molecule has 3 atom stereocenters. The first-order valence-electron chi connectivity index (χ1n) is 4.77. The van der Waals surface area contributed by atoms with E-state index in [1.54, 1.807) is 7.11 Å². The Morgan fingerprint density at radius 2 is 2.38 bits per heavy atom. The minimum Gasteiger partial charge on any atom is -0.377 e. The molecule has 0 bridgehead atoms. The van der Waals surface area contributed by atoms with Crippen molar-refractivity contribution in [1.82, 2.24) is 5.32 Å². The molecule has 1 N–H and O–H groups in total. The molecule has 3 nitrogen and oxygen atoms in total. The molecule has 13 heavy (non-hydrogen) atoms. The Morgan fingerprint density at radius 3 is 3.15 bits per heavy atom. The van der Waals surface area contributed by atoms with Gasteiger partial charge in [-0.3, -0.25) is 4.79 Å². The second-order valence-electron chi connectivity index (χ2n) is 3.83. The van der Waals surface area contributed by atoms with Gasteiger partial charge < -0.3 is 10.1 Å². The molecule has 0 aromatic heterocycles. The first-order valence-corrected chi connectivity index (χ1v) is 4.77. The summed E-state index contributed by atoms with van der Waals surface area (Å²) in [7, 11) is 1.73. The highest BCUT2D eigenvalue weighted by molar-refractivity contribution is 5.77. The summed E-state index contributed by atoms with van der Waals surface area (Å²) in [6, 6.07) is 0. The highest BCUT2D eigenvalue weighted by atomic mass is 16.5. The van der Waals surface area contributed by atoms with E-state index in [2.05, 4.69) is 17.5 Å². The lowest BCUT2D eigenvalue weighted by Crippen LogP contribution is -2.42. The summed E-state index contributed by atoms with van der Waals surface area (Å²) in [5.74, 6) is 1.20. The van der Waals surface area contributed by atoms with Crippen LogP contribution in [0.4, 0.5) is 0 Å². The molecule has 0 radical (unpaired) electrons. The van der Waals surface area contributed by atoms with Crippen LogP contribution in [0.3, 0.4) is 0 Å². The smallest absolute Gasteiger partial charge is 0.220 e. The van der Waals surface area contributed by atoms with Crippen LogP contribution in [0.1, 0.15) is 12.8 Å². The number of carbonyl (C=O) groups excluding carboxylic acids is 1. The molecule has 0 saturated carbocycles. The molecule has 0 aromatic rings. The van der Waals surface area contributed by atoms with Gasteiger partial charge in [-0.1, -0.05) is 12.2 Å². The Balaban J connectivity index is 2.04. The Kier molecular flexibility index (Phi) is 2.36. The molecule has 0 spiro atoms. The molecule has 1 aliphatic heterocycles. The maximum Gasteiger partial charge on any atom is 0.220 e. The van der Waals surface area contributed by atoms with Crippen molar-refractivity contribution < 1.29 is 9.53 Å². The average molecular weight is 181 g/mol. The molecule has 0 aromatic carbocycles. The zero-order chi connectivity index (χ0) is 9.26. The molecule has 1 aliphatic carbocycles. The van der Waals surface area contributed by atoms with Gasteiger partial charge in [0.15, 0.2) is 0 Å². The Labute approximate surface area is 78.1 Å². The predicted octanol–water partition coefficient (Wildman–Crippen LogP) is 0.714. The second kappa shape index (κ2) is 3.50. The third kappa shape index (κ3) is 1.75. The maximum atomic E-state index is 11.1. The number of fused-ring (bicyclic) bond motifs is 1. The molecule has 72 valence electrons. The highest BCUT2D eigenvalue weighted by Gasteiger charge is 2.31. The van der Waals surface area contributed by atoms with Crippen LogP contribution in [-0.4, -0.2) is 25.7 Å². The lowest BCUT2D eigenvalue weighted by Gasteiger charge is -2.34. The number of hydrogen-bond acceptors (Lipinski definition) is 2. The minimum absolute atomic E-state index is 0.182. The van der Waals surface area contributed by atoms with Gasteiger partial charge in [-0.15, -0.1) is 0 Å². The number of amides is 1. The van der Waals surface area contributed by atoms with Crippen LogP contribution in [0.5, 0.6) is 0 Å². The Hall–Kier alpha value is -0.830. The van der Waals surface area contributed by atoms with Crippen molar-refractivity contribution in [2.24, 2.45) is 11.8 Å². The monoisotopic (exact) mass is 181 g/mol. The van der Waals surface area contributed by atoms with Gasteiger partial charge in [-0.05, 0) is 18.3 Å². The van der Waals surface area contributed by atoms with Crippen LogP contribution in [0.2, 0.25) is 0 Å². The van der Waals surface area contributed by atoms with Crippen LogP contribution in [0.15, 0.2) is 12.2 Å². The first kappa shape index (κ1) is 8.75. The SMILES string of the molecule is COC1C=CC2CC(=O)NCC2C1. The van der Waals surface area contributed by atoms with Crippen LogP contribution in [-0.2, 0) is 9.53 Å². The fourth-order valence-corrected chi connectivity index (χ4v) is 2.15. The number of piperidine rings is 1. The Morgan fingerprint density at radius 1 is 1.54 bits per heavy atom. The van der Waals surface area contributed by atoms with Gasteiger partial charge in [0.1, 0.15) is 0 Å². The van der Waals surface area contributed by atoms with E-state index < -0.39 is 0 Å². The molecule has 2 rings (SSSR count). The number of hydrogen-bond donors (Lipinski definition) is 1. The largest absolute Gasteiger partial charge is 0.377 e. The maximum absolute atomic E-state index is 11.1. The zero-order valence-corrected chi connectivity index (χ0v) is 7.82. The van der Waals surface area contributed by atoms with Crippen LogP contribution in [0, 0.1) is 11.8 Å². The zero-order valence-electron chi connectivity index (χ0n) is 7.82. The quantitative estimate of drug-likeness (QED) is 0.605. The van der Waals surface area contributed by atoms with Crippen molar-refractivity contribution in [3.8, 4) is 0 Å². The first-order chi connectivity index (χ1) is 6.29. The van der Waals surface area contributed by atoms with Gasteiger partial charge in [-0.2, -0.15) is 0 Å². The van der Waals surface area contributed by atoms with E-state index in [1.165, 1.54) is 0 Å². The van der Waals surface area contributed by atoms with E-state index in [4.69, 9.17) is 4.74 Å². The molecule has 1 fully saturated rings. The normalized spacial score (nSPS) is 38.2. The van der Waals surface area contributed by atoms with Gasteiger partial charge in [0.05, 0.1) is 6.10 Å². The van der Waals surface area contributed by atoms with Gasteiger partial charge in [0.25, 0.3) is 0 Å². The van der Waals surface area contributed by atoms with E-state index in [0.29, 0.717) is 18.3 Å². The third-order valence-corrected chi connectivity index (χ3v) is 3.00. The summed E-state index contributed by atoms with van der Waals surface area (Å²) in [6.07, 6.45) is 6.16. The van der Waals surface area contributed by atoms with E-state index >= 15 is 0 Å². The average Bonchev–Trinajstić information content (AvgIpc) is 2.17. The molecular formula is C10H15NO2. The van der Waals surface area contributed by atoms with Crippen molar-refractivity contribution in [2.45, 2.75) is 18.9 Å². The highest BCUT2D eigenvalue weighted by Crippen LogP contribution is 2.30. The number of ether oxygens (including phenoxy) is 1. The van der Waals surface area contributed by atoms with Gasteiger partial charge >= 0.3 is 0 Å². The fraction of sp³-hybridized carbons (Fsp3) is 0.700. The van der Waals surface area contributed by atoms with Crippen LogP contribution >= 0.6 is 0 Å². The topological polar surface area (TPSA) is 38.3 Å². The molecule has 1 amide bonds. The molecule has 3 heteroatoms. The molecular weight excluding hydrogens is 166 g/mol. The fourth-order valence-electron chi connectivity index (χ4n) is 2.15. The molecule has 1 saturated heterocycles. The van der Waals surface area contributed by atoms with E-state index in [1.807, 2.05) is 0 Å². The van der Waals surface area contributed by atoms with Crippen molar-refractivity contribution >= 4 is 5.91 Å². The van der Waals surface area contributed by atoms with E-state index in [0.717, 1.165) is 13.0 Å². The van der Waals surface area contributed by atoms with Gasteiger partial charge in [0, 0.05) is 20.1 Å². The van der Waals surface area contributed by atoms with E-state index in [9.17, 15) is 4.79 Å². The minimum atomic E-state index is 0.182. The van der Waals surface area contributed by atoms with E-state index in [-0.39, 0.29) is 12.0 Å². The standard InChI is InChI=1S/C10H15NO2/c1-13-9-3-2-7-5-10(12)11-6-8(7)4-9/h2-3,7-9H,4-6H2,1H3,(H,11,12). The van der Waals surface area contributed by atoms with Gasteiger partial charge in [0.2, 0.25) is 5.91 Å². The number of allylic oxidation sites excluding steroid dienone is 1. The summed E-state index contributed by atoms with van der Waals surface area (Å²) in [5.41, 5.74) is 0. The number of methoxy groups -OCH3 is 1. The predicted molar refractivity (Wildman–Crippen MR) is 49.2 cm³/mol. The number of nitrogens with one attached hydrogen (secondary N) is 1. The van der Waals surface area contributed by atoms with Crippen molar-refractivity contribution in [3.63, 3.8) is 0 Å².